The second-order valence-electron chi connectivity index (χ2n) is 8.24. The second kappa shape index (κ2) is 6.35. The molecule has 3 N–H and O–H groups in total. The number of alkyl halides is 3. The minimum atomic E-state index is -4.84. The summed E-state index contributed by atoms with van der Waals surface area (Å²) in [6.45, 7) is 3.42. The number of aromatic nitrogens is 1. The largest absolute Gasteiger partial charge is 0.419 e. The minimum absolute atomic E-state index is 0.300. The summed E-state index contributed by atoms with van der Waals surface area (Å²) in [5.41, 5.74) is -2.04. The first-order valence-corrected chi connectivity index (χ1v) is 9.30. The molecule has 4 nitrogen and oxygen atoms in total. The molecule has 1 aliphatic carbocycles. The van der Waals surface area contributed by atoms with Crippen molar-refractivity contribution in [3.63, 3.8) is 0 Å². The number of hydrogen-bond acceptors (Lipinski definition) is 3. The van der Waals surface area contributed by atoms with Crippen LogP contribution in [0.2, 0.25) is 0 Å². The predicted octanol–water partition coefficient (Wildman–Crippen LogP) is 4.66. The lowest BCUT2D eigenvalue weighted by Gasteiger charge is -2.49. The molecule has 0 radical (unpaired) electrons. The topological polar surface area (TPSA) is 65.1 Å². The van der Waals surface area contributed by atoms with Gasteiger partial charge in [0, 0.05) is 17.1 Å². The molecule has 7 heteroatoms. The van der Waals surface area contributed by atoms with E-state index in [1.807, 2.05) is 0 Å². The molecule has 152 valence electrons. The summed E-state index contributed by atoms with van der Waals surface area (Å²) < 4.78 is 42.4. The highest BCUT2D eigenvalue weighted by atomic mass is 19.4. The standard InChI is InChI=1S/C22H21F3N2O2/c1-20(2)12-21(29,22(23,24)25)19(13-6-3-4-7-15(13)20)27-17-9-5-8-16-14(17)10-11-18(28)26-16/h3-11,19,27,29H,12H2,1-2H3,(H,26,28). The lowest BCUT2D eigenvalue weighted by Crippen LogP contribution is -2.58. The van der Waals surface area contributed by atoms with E-state index in [2.05, 4.69) is 10.3 Å². The van der Waals surface area contributed by atoms with Gasteiger partial charge in [-0.1, -0.05) is 44.2 Å². The third-order valence-electron chi connectivity index (χ3n) is 5.75. The van der Waals surface area contributed by atoms with E-state index in [9.17, 15) is 23.1 Å². The first-order chi connectivity index (χ1) is 13.5. The maximum Gasteiger partial charge on any atom is 0.419 e. The predicted molar refractivity (Wildman–Crippen MR) is 106 cm³/mol. The van der Waals surface area contributed by atoms with E-state index in [0.29, 0.717) is 22.2 Å². The van der Waals surface area contributed by atoms with Crippen molar-refractivity contribution in [1.29, 1.82) is 0 Å². The molecule has 0 saturated heterocycles. The Labute approximate surface area is 165 Å². The lowest BCUT2D eigenvalue weighted by atomic mass is 9.63. The van der Waals surface area contributed by atoms with Crippen LogP contribution in [0.3, 0.4) is 0 Å². The summed E-state index contributed by atoms with van der Waals surface area (Å²) in [5, 5.41) is 14.5. The SMILES string of the molecule is CC1(C)CC(O)(C(F)(F)F)C(Nc2cccc3[nH]c(=O)ccc23)c2ccccc21. The summed E-state index contributed by atoms with van der Waals surface area (Å²) >= 11 is 0. The van der Waals surface area contributed by atoms with Crippen molar-refractivity contribution < 1.29 is 18.3 Å². The fraction of sp³-hybridized carbons (Fsp3) is 0.318. The Morgan fingerprint density at radius 2 is 1.79 bits per heavy atom. The van der Waals surface area contributed by atoms with Crippen LogP contribution in [-0.2, 0) is 5.41 Å². The molecule has 1 aliphatic rings. The van der Waals surface area contributed by atoms with E-state index < -0.39 is 29.7 Å². The van der Waals surface area contributed by atoms with Crippen LogP contribution < -0.4 is 10.9 Å². The third kappa shape index (κ3) is 3.09. The molecule has 1 heterocycles. The number of fused-ring (bicyclic) bond motifs is 2. The molecule has 2 unspecified atom stereocenters. The van der Waals surface area contributed by atoms with E-state index in [1.165, 1.54) is 6.07 Å². The van der Waals surface area contributed by atoms with E-state index in [4.69, 9.17) is 0 Å². The van der Waals surface area contributed by atoms with Gasteiger partial charge in [0.25, 0.3) is 0 Å². The summed E-state index contributed by atoms with van der Waals surface area (Å²) in [7, 11) is 0. The van der Waals surface area contributed by atoms with Gasteiger partial charge < -0.3 is 15.4 Å². The van der Waals surface area contributed by atoms with Gasteiger partial charge in [0.2, 0.25) is 5.56 Å². The third-order valence-corrected chi connectivity index (χ3v) is 5.75. The number of pyridine rings is 1. The number of anilines is 1. The Bertz CT molecular complexity index is 1140. The lowest BCUT2D eigenvalue weighted by molar-refractivity contribution is -0.275. The van der Waals surface area contributed by atoms with Gasteiger partial charge in [0.15, 0.2) is 5.60 Å². The summed E-state index contributed by atoms with van der Waals surface area (Å²) in [6, 6.07) is 13.3. The van der Waals surface area contributed by atoms with Crippen molar-refractivity contribution in [2.75, 3.05) is 5.32 Å². The fourth-order valence-corrected chi connectivity index (χ4v) is 4.42. The maximum atomic E-state index is 14.1. The molecule has 2 atom stereocenters. The number of hydrogen-bond donors (Lipinski definition) is 3. The highest BCUT2D eigenvalue weighted by molar-refractivity contribution is 5.91. The first kappa shape index (κ1) is 19.5. The van der Waals surface area contributed by atoms with Crippen molar-refractivity contribution in [3.8, 4) is 0 Å². The van der Waals surface area contributed by atoms with Crippen molar-refractivity contribution in [2.24, 2.45) is 0 Å². The zero-order valence-corrected chi connectivity index (χ0v) is 16.0. The van der Waals surface area contributed by atoms with Crippen LogP contribution >= 0.6 is 0 Å². The van der Waals surface area contributed by atoms with Crippen LogP contribution in [0.1, 0.15) is 37.4 Å². The molecule has 0 spiro atoms. The highest BCUT2D eigenvalue weighted by Gasteiger charge is 2.63. The summed E-state index contributed by atoms with van der Waals surface area (Å²) in [6.07, 6.45) is -5.31. The highest BCUT2D eigenvalue weighted by Crippen LogP contribution is 2.54. The normalized spacial score (nSPS) is 23.6. The van der Waals surface area contributed by atoms with Gasteiger partial charge in [0.05, 0.1) is 11.6 Å². The fourth-order valence-electron chi connectivity index (χ4n) is 4.42. The van der Waals surface area contributed by atoms with Gasteiger partial charge >= 0.3 is 6.18 Å². The zero-order chi connectivity index (χ0) is 21.0. The Morgan fingerprint density at radius 1 is 1.07 bits per heavy atom. The van der Waals surface area contributed by atoms with Crippen molar-refractivity contribution in [2.45, 2.75) is 43.5 Å². The molecule has 0 aliphatic heterocycles. The number of aliphatic hydroxyl groups is 1. The molecule has 0 saturated carbocycles. The smallest absolute Gasteiger partial charge is 0.379 e. The molecular weight excluding hydrogens is 381 g/mol. The molecule has 29 heavy (non-hydrogen) atoms. The van der Waals surface area contributed by atoms with Gasteiger partial charge in [0.1, 0.15) is 0 Å². The van der Waals surface area contributed by atoms with Gasteiger partial charge in [-0.2, -0.15) is 13.2 Å². The van der Waals surface area contributed by atoms with Crippen molar-refractivity contribution in [3.05, 3.63) is 76.1 Å². The Hall–Kier alpha value is -2.80. The van der Waals surface area contributed by atoms with Crippen LogP contribution in [0.25, 0.3) is 10.9 Å². The van der Waals surface area contributed by atoms with Crippen molar-refractivity contribution in [1.82, 2.24) is 4.98 Å². The number of nitrogens with one attached hydrogen (secondary N) is 2. The Balaban J connectivity index is 1.91. The van der Waals surface area contributed by atoms with Crippen LogP contribution in [0.4, 0.5) is 18.9 Å². The Morgan fingerprint density at radius 3 is 2.52 bits per heavy atom. The molecule has 3 aromatic rings. The zero-order valence-electron chi connectivity index (χ0n) is 16.0. The van der Waals surface area contributed by atoms with Crippen molar-refractivity contribution >= 4 is 16.6 Å². The van der Waals surface area contributed by atoms with Crippen LogP contribution in [0.5, 0.6) is 0 Å². The monoisotopic (exact) mass is 402 g/mol. The molecule has 4 rings (SSSR count). The maximum absolute atomic E-state index is 14.1. The van der Waals surface area contributed by atoms with Crippen LogP contribution in [0.15, 0.2) is 59.4 Å². The number of H-pyrrole nitrogens is 1. The second-order valence-corrected chi connectivity index (χ2v) is 8.24. The number of benzene rings is 2. The molecule has 0 fully saturated rings. The number of halogens is 3. The van der Waals surface area contributed by atoms with Gasteiger partial charge in [-0.25, -0.2) is 0 Å². The van der Waals surface area contributed by atoms with E-state index in [0.717, 1.165) is 5.56 Å². The van der Waals surface area contributed by atoms with E-state index >= 15 is 0 Å². The number of rotatable bonds is 2. The quantitative estimate of drug-likeness (QED) is 0.584. The Kier molecular flexibility index (Phi) is 4.27. The van der Waals surface area contributed by atoms with E-state index in [-0.39, 0.29) is 5.56 Å². The van der Waals surface area contributed by atoms with E-state index in [1.54, 1.807) is 62.4 Å². The average Bonchev–Trinajstić information content (AvgIpc) is 2.63. The van der Waals surface area contributed by atoms with Crippen LogP contribution in [-0.4, -0.2) is 21.9 Å². The number of aromatic amines is 1. The molecule has 2 aromatic carbocycles. The van der Waals surface area contributed by atoms with Gasteiger partial charge in [-0.3, -0.25) is 4.79 Å². The first-order valence-electron chi connectivity index (χ1n) is 9.30. The molecular formula is C22H21F3N2O2. The molecule has 0 bridgehead atoms. The molecule has 1 aromatic heterocycles. The summed E-state index contributed by atoms with van der Waals surface area (Å²) in [5.74, 6) is 0. The van der Waals surface area contributed by atoms with Gasteiger partial charge in [-0.05, 0) is 41.2 Å². The summed E-state index contributed by atoms with van der Waals surface area (Å²) in [4.78, 5) is 14.3. The minimum Gasteiger partial charge on any atom is -0.379 e. The molecule has 0 amide bonds. The van der Waals surface area contributed by atoms with Gasteiger partial charge in [-0.15, -0.1) is 0 Å². The average molecular weight is 402 g/mol. The van der Waals surface area contributed by atoms with Crippen LogP contribution in [0, 0.1) is 0 Å².